The van der Waals surface area contributed by atoms with Crippen molar-refractivity contribution in [2.75, 3.05) is 19.3 Å². The molecule has 0 aliphatic heterocycles. The molecule has 5 heteroatoms. The minimum Gasteiger partial charge on any atom is -0.355 e. The molecule has 0 aliphatic rings. The minimum atomic E-state index is -0.103. The second-order valence-corrected chi connectivity index (χ2v) is 4.80. The van der Waals surface area contributed by atoms with Gasteiger partial charge in [0, 0.05) is 30.5 Å². The molecular weight excluding hydrogens is 248 g/mol. The molecule has 98 valence electrons. The van der Waals surface area contributed by atoms with Crippen LogP contribution in [0.4, 0.5) is 0 Å². The van der Waals surface area contributed by atoms with E-state index in [2.05, 4.69) is 10.6 Å². The van der Waals surface area contributed by atoms with Crippen LogP contribution in [0.5, 0.6) is 0 Å². The summed E-state index contributed by atoms with van der Waals surface area (Å²) in [7, 11) is 0. The van der Waals surface area contributed by atoms with E-state index in [4.69, 9.17) is 0 Å². The summed E-state index contributed by atoms with van der Waals surface area (Å²) in [5.74, 6) is -0.196. The van der Waals surface area contributed by atoms with Crippen LogP contribution >= 0.6 is 11.8 Å². The van der Waals surface area contributed by atoms with Gasteiger partial charge < -0.3 is 10.6 Å². The van der Waals surface area contributed by atoms with Crippen molar-refractivity contribution in [1.29, 1.82) is 0 Å². The van der Waals surface area contributed by atoms with Crippen LogP contribution < -0.4 is 10.6 Å². The fourth-order valence-corrected chi connectivity index (χ4v) is 1.92. The summed E-state index contributed by atoms with van der Waals surface area (Å²) in [6, 6.07) is 5.82. The summed E-state index contributed by atoms with van der Waals surface area (Å²) < 4.78 is 0. The smallest absolute Gasteiger partial charge is 0.251 e. The topological polar surface area (TPSA) is 58.2 Å². The van der Waals surface area contributed by atoms with Gasteiger partial charge in [-0.1, -0.05) is 6.07 Å². The molecule has 0 unspecified atom stereocenters. The van der Waals surface area contributed by atoms with Crippen LogP contribution in [0.25, 0.3) is 0 Å². The van der Waals surface area contributed by atoms with E-state index in [1.807, 2.05) is 31.4 Å². The number of carbonyl (C=O) groups is 2. The molecule has 1 rings (SSSR count). The quantitative estimate of drug-likeness (QED) is 0.628. The first-order valence-corrected chi connectivity index (χ1v) is 6.94. The number of nitrogens with one attached hydrogen (secondary N) is 2. The Labute approximate surface area is 112 Å². The lowest BCUT2D eigenvalue weighted by Crippen LogP contribution is -2.33. The van der Waals surface area contributed by atoms with Crippen LogP contribution in [0.2, 0.25) is 0 Å². The average Bonchev–Trinajstić information content (AvgIpc) is 2.34. The summed E-state index contributed by atoms with van der Waals surface area (Å²) in [5.41, 5.74) is 1.63. The largest absolute Gasteiger partial charge is 0.355 e. The van der Waals surface area contributed by atoms with Gasteiger partial charge in [0.25, 0.3) is 5.91 Å². The SMILES string of the molecule is CSc1ccc(C)c(C(=O)NCCNC(C)=O)c1. The first-order chi connectivity index (χ1) is 8.54. The number of aryl methyl sites for hydroxylation is 1. The number of benzene rings is 1. The Morgan fingerprint density at radius 2 is 1.89 bits per heavy atom. The molecule has 0 radical (unpaired) electrons. The molecule has 1 aromatic rings. The van der Waals surface area contributed by atoms with Gasteiger partial charge in [-0.3, -0.25) is 9.59 Å². The van der Waals surface area contributed by atoms with Gasteiger partial charge in [0.15, 0.2) is 0 Å². The highest BCUT2D eigenvalue weighted by Gasteiger charge is 2.09. The summed E-state index contributed by atoms with van der Waals surface area (Å²) in [6.07, 6.45) is 1.98. The van der Waals surface area contributed by atoms with Crippen molar-refractivity contribution < 1.29 is 9.59 Å². The van der Waals surface area contributed by atoms with Gasteiger partial charge in [0.2, 0.25) is 5.91 Å². The maximum absolute atomic E-state index is 11.9. The molecule has 0 spiro atoms. The maximum atomic E-state index is 11.9. The molecule has 1 aromatic carbocycles. The molecule has 0 fully saturated rings. The highest BCUT2D eigenvalue weighted by Crippen LogP contribution is 2.18. The Kier molecular flexibility index (Phi) is 5.71. The molecule has 0 heterocycles. The lowest BCUT2D eigenvalue weighted by atomic mass is 10.1. The van der Waals surface area contributed by atoms with Gasteiger partial charge in [-0.05, 0) is 30.9 Å². The van der Waals surface area contributed by atoms with E-state index in [-0.39, 0.29) is 11.8 Å². The predicted octanol–water partition coefficient (Wildman–Crippen LogP) is 1.58. The number of thioether (sulfide) groups is 1. The third kappa shape index (κ3) is 4.41. The molecule has 0 bridgehead atoms. The van der Waals surface area contributed by atoms with E-state index in [0.29, 0.717) is 18.7 Å². The zero-order valence-electron chi connectivity index (χ0n) is 10.9. The summed E-state index contributed by atoms with van der Waals surface area (Å²) in [5, 5.41) is 5.42. The van der Waals surface area contributed by atoms with Crippen molar-refractivity contribution in [3.8, 4) is 0 Å². The second-order valence-electron chi connectivity index (χ2n) is 3.92. The number of carbonyl (C=O) groups excluding carboxylic acids is 2. The van der Waals surface area contributed by atoms with Crippen molar-refractivity contribution in [1.82, 2.24) is 10.6 Å². The average molecular weight is 266 g/mol. The Morgan fingerprint density at radius 3 is 2.50 bits per heavy atom. The minimum absolute atomic E-state index is 0.0928. The van der Waals surface area contributed by atoms with E-state index in [1.54, 1.807) is 11.8 Å². The third-order valence-corrected chi connectivity index (χ3v) is 3.20. The zero-order chi connectivity index (χ0) is 13.5. The first-order valence-electron chi connectivity index (χ1n) is 5.72. The summed E-state index contributed by atoms with van der Waals surface area (Å²) >= 11 is 1.60. The summed E-state index contributed by atoms with van der Waals surface area (Å²) in [4.78, 5) is 23.7. The molecule has 0 saturated heterocycles. The van der Waals surface area contributed by atoms with Crippen LogP contribution in [0.3, 0.4) is 0 Å². The number of hydrogen-bond donors (Lipinski definition) is 2. The van der Waals surface area contributed by atoms with Gasteiger partial charge in [-0.25, -0.2) is 0 Å². The Morgan fingerprint density at radius 1 is 1.22 bits per heavy atom. The van der Waals surface area contributed by atoms with Crippen molar-refractivity contribution in [3.63, 3.8) is 0 Å². The highest BCUT2D eigenvalue weighted by molar-refractivity contribution is 7.98. The summed E-state index contributed by atoms with van der Waals surface area (Å²) in [6.45, 7) is 4.24. The molecule has 0 aliphatic carbocycles. The molecule has 0 saturated carbocycles. The van der Waals surface area contributed by atoms with E-state index in [9.17, 15) is 9.59 Å². The number of amides is 2. The monoisotopic (exact) mass is 266 g/mol. The maximum Gasteiger partial charge on any atom is 0.251 e. The standard InChI is InChI=1S/C13H18N2O2S/c1-9-4-5-11(18-3)8-12(9)13(17)15-7-6-14-10(2)16/h4-5,8H,6-7H2,1-3H3,(H,14,16)(H,15,17). The molecule has 0 atom stereocenters. The van der Waals surface area contributed by atoms with Crippen molar-refractivity contribution >= 4 is 23.6 Å². The van der Waals surface area contributed by atoms with Crippen molar-refractivity contribution in [3.05, 3.63) is 29.3 Å². The van der Waals surface area contributed by atoms with Gasteiger partial charge in [-0.2, -0.15) is 0 Å². The fraction of sp³-hybridized carbons (Fsp3) is 0.385. The van der Waals surface area contributed by atoms with Gasteiger partial charge >= 0.3 is 0 Å². The van der Waals surface area contributed by atoms with Gasteiger partial charge in [-0.15, -0.1) is 11.8 Å². The van der Waals surface area contributed by atoms with Crippen LogP contribution in [0, 0.1) is 6.92 Å². The Balaban J connectivity index is 2.58. The lowest BCUT2D eigenvalue weighted by molar-refractivity contribution is -0.118. The van der Waals surface area contributed by atoms with Crippen LogP contribution in [-0.2, 0) is 4.79 Å². The van der Waals surface area contributed by atoms with Gasteiger partial charge in [0.05, 0.1) is 0 Å². The van der Waals surface area contributed by atoms with Crippen molar-refractivity contribution in [2.24, 2.45) is 0 Å². The Bertz CT molecular complexity index is 447. The molecule has 4 nitrogen and oxygen atoms in total. The molecular formula is C13H18N2O2S. The third-order valence-electron chi connectivity index (χ3n) is 2.47. The first kappa shape index (κ1) is 14.6. The van der Waals surface area contributed by atoms with E-state index in [1.165, 1.54) is 6.92 Å². The molecule has 2 amide bonds. The zero-order valence-corrected chi connectivity index (χ0v) is 11.7. The molecule has 0 aromatic heterocycles. The lowest BCUT2D eigenvalue weighted by Gasteiger charge is -2.09. The molecule has 18 heavy (non-hydrogen) atoms. The predicted molar refractivity (Wildman–Crippen MR) is 74.0 cm³/mol. The highest BCUT2D eigenvalue weighted by atomic mass is 32.2. The molecule has 2 N–H and O–H groups in total. The van der Waals surface area contributed by atoms with Crippen molar-refractivity contribution in [2.45, 2.75) is 18.7 Å². The fourth-order valence-electron chi connectivity index (χ4n) is 1.48. The van der Waals surface area contributed by atoms with Crippen LogP contribution in [-0.4, -0.2) is 31.2 Å². The van der Waals surface area contributed by atoms with Gasteiger partial charge in [0.1, 0.15) is 0 Å². The van der Waals surface area contributed by atoms with E-state index in [0.717, 1.165) is 10.5 Å². The number of rotatable bonds is 5. The number of hydrogen-bond acceptors (Lipinski definition) is 3. The van der Waals surface area contributed by atoms with Crippen LogP contribution in [0.1, 0.15) is 22.8 Å². The normalized spacial score (nSPS) is 9.94. The second kappa shape index (κ2) is 7.06. The van der Waals surface area contributed by atoms with E-state index >= 15 is 0 Å². The van der Waals surface area contributed by atoms with Crippen LogP contribution in [0.15, 0.2) is 23.1 Å². The van der Waals surface area contributed by atoms with E-state index < -0.39 is 0 Å². The Hall–Kier alpha value is -1.49.